The lowest BCUT2D eigenvalue weighted by atomic mass is 10.2. The Balaban J connectivity index is 0.00000144. The highest BCUT2D eigenvalue weighted by Gasteiger charge is 2.15. The zero-order valence-electron chi connectivity index (χ0n) is 10.6. The van der Waals surface area contributed by atoms with Gasteiger partial charge in [0.15, 0.2) is 0 Å². The third-order valence-electron chi connectivity index (χ3n) is 2.84. The lowest BCUT2D eigenvalue weighted by Gasteiger charge is -2.30. The minimum atomic E-state index is 0. The van der Waals surface area contributed by atoms with Crippen LogP contribution >= 0.6 is 24.8 Å². The molecule has 4 nitrogen and oxygen atoms in total. The quantitative estimate of drug-likeness (QED) is 0.924. The molecule has 1 aliphatic rings. The molecular formula is C12H20Cl2N2O2. The minimum Gasteiger partial charge on any atom is -0.497 e. The maximum Gasteiger partial charge on any atom is 0.142 e. The monoisotopic (exact) mass is 294 g/mol. The van der Waals surface area contributed by atoms with Crippen LogP contribution in [0.1, 0.15) is 0 Å². The van der Waals surface area contributed by atoms with Crippen LogP contribution in [0.25, 0.3) is 0 Å². The SMILES string of the molecule is COc1ccc(OC)c(N2CCNCC2)c1.Cl.Cl. The number of halogens is 2. The second-order valence-electron chi connectivity index (χ2n) is 3.77. The van der Waals surface area contributed by atoms with Crippen LogP contribution in [0.15, 0.2) is 18.2 Å². The summed E-state index contributed by atoms with van der Waals surface area (Å²) < 4.78 is 10.6. The first kappa shape index (κ1) is 17.2. The smallest absolute Gasteiger partial charge is 0.142 e. The van der Waals surface area contributed by atoms with E-state index >= 15 is 0 Å². The standard InChI is InChI=1S/C12H18N2O2.2ClH/c1-15-10-3-4-12(16-2)11(9-10)14-7-5-13-6-8-14;;/h3-4,9,13H,5-8H2,1-2H3;2*1H. The Labute approximate surface area is 120 Å². The van der Waals surface area contributed by atoms with E-state index in [1.54, 1.807) is 14.2 Å². The van der Waals surface area contributed by atoms with E-state index in [4.69, 9.17) is 9.47 Å². The van der Waals surface area contributed by atoms with Crippen molar-refractivity contribution in [3.05, 3.63) is 18.2 Å². The topological polar surface area (TPSA) is 33.7 Å². The molecule has 0 aromatic heterocycles. The third-order valence-corrected chi connectivity index (χ3v) is 2.84. The van der Waals surface area contributed by atoms with Crippen LogP contribution in [0.3, 0.4) is 0 Å². The molecule has 1 fully saturated rings. The molecule has 0 amide bonds. The van der Waals surface area contributed by atoms with E-state index in [0.717, 1.165) is 43.4 Å². The Morgan fingerprint density at radius 3 is 2.28 bits per heavy atom. The van der Waals surface area contributed by atoms with E-state index in [0.29, 0.717) is 0 Å². The van der Waals surface area contributed by atoms with Crippen molar-refractivity contribution in [3.8, 4) is 11.5 Å². The van der Waals surface area contributed by atoms with Gasteiger partial charge in [-0.05, 0) is 12.1 Å². The number of benzene rings is 1. The average molecular weight is 295 g/mol. The first-order valence-electron chi connectivity index (χ1n) is 5.53. The predicted octanol–water partition coefficient (Wildman–Crippen LogP) is 1.96. The van der Waals surface area contributed by atoms with Crippen LogP contribution in [-0.2, 0) is 0 Å². The summed E-state index contributed by atoms with van der Waals surface area (Å²) in [5, 5.41) is 3.34. The number of nitrogens with zero attached hydrogens (tertiary/aromatic N) is 1. The van der Waals surface area contributed by atoms with Crippen molar-refractivity contribution in [2.45, 2.75) is 0 Å². The van der Waals surface area contributed by atoms with E-state index < -0.39 is 0 Å². The Hall–Kier alpha value is -0.840. The molecular weight excluding hydrogens is 275 g/mol. The summed E-state index contributed by atoms with van der Waals surface area (Å²) >= 11 is 0. The second-order valence-corrected chi connectivity index (χ2v) is 3.77. The van der Waals surface area contributed by atoms with Gasteiger partial charge in [0.25, 0.3) is 0 Å². The first-order chi connectivity index (χ1) is 7.85. The molecule has 1 aromatic carbocycles. The molecule has 1 aliphatic heterocycles. The highest BCUT2D eigenvalue weighted by molar-refractivity contribution is 5.85. The number of rotatable bonds is 3. The highest BCUT2D eigenvalue weighted by atomic mass is 35.5. The number of anilines is 1. The largest absolute Gasteiger partial charge is 0.497 e. The van der Waals surface area contributed by atoms with Crippen molar-refractivity contribution in [2.75, 3.05) is 45.3 Å². The fourth-order valence-electron chi connectivity index (χ4n) is 1.95. The van der Waals surface area contributed by atoms with Crippen LogP contribution in [0.4, 0.5) is 5.69 Å². The molecule has 0 atom stereocenters. The van der Waals surface area contributed by atoms with Gasteiger partial charge in [-0.3, -0.25) is 0 Å². The molecule has 6 heteroatoms. The van der Waals surface area contributed by atoms with Crippen molar-refractivity contribution < 1.29 is 9.47 Å². The summed E-state index contributed by atoms with van der Waals surface area (Å²) in [5.74, 6) is 1.78. The Morgan fingerprint density at radius 2 is 1.72 bits per heavy atom. The molecule has 104 valence electrons. The van der Waals surface area contributed by atoms with Crippen molar-refractivity contribution in [2.24, 2.45) is 0 Å². The van der Waals surface area contributed by atoms with Gasteiger partial charge in [-0.15, -0.1) is 24.8 Å². The summed E-state index contributed by atoms with van der Waals surface area (Å²) in [6.07, 6.45) is 0. The van der Waals surface area contributed by atoms with Crippen LogP contribution in [0.2, 0.25) is 0 Å². The number of hydrogen-bond donors (Lipinski definition) is 1. The van der Waals surface area contributed by atoms with Gasteiger partial charge in [0.05, 0.1) is 19.9 Å². The molecule has 18 heavy (non-hydrogen) atoms. The first-order valence-corrected chi connectivity index (χ1v) is 5.53. The van der Waals surface area contributed by atoms with Gasteiger partial charge in [0.2, 0.25) is 0 Å². The minimum absolute atomic E-state index is 0. The number of piperazine rings is 1. The van der Waals surface area contributed by atoms with Gasteiger partial charge in [-0.1, -0.05) is 0 Å². The van der Waals surface area contributed by atoms with Gasteiger partial charge >= 0.3 is 0 Å². The summed E-state index contributed by atoms with van der Waals surface area (Å²) in [4.78, 5) is 2.32. The van der Waals surface area contributed by atoms with Crippen molar-refractivity contribution >= 4 is 30.5 Å². The molecule has 0 spiro atoms. The molecule has 0 aliphatic carbocycles. The lowest BCUT2D eigenvalue weighted by Crippen LogP contribution is -2.43. The van der Waals surface area contributed by atoms with Crippen molar-refractivity contribution in [3.63, 3.8) is 0 Å². The summed E-state index contributed by atoms with van der Waals surface area (Å²) in [6.45, 7) is 4.04. The molecule has 0 radical (unpaired) electrons. The fraction of sp³-hybridized carbons (Fsp3) is 0.500. The number of methoxy groups -OCH3 is 2. The van der Waals surface area contributed by atoms with E-state index in [1.807, 2.05) is 18.2 Å². The lowest BCUT2D eigenvalue weighted by molar-refractivity contribution is 0.402. The van der Waals surface area contributed by atoms with E-state index in [9.17, 15) is 0 Å². The zero-order valence-corrected chi connectivity index (χ0v) is 12.3. The molecule has 0 bridgehead atoms. The molecule has 1 saturated heterocycles. The third kappa shape index (κ3) is 3.83. The van der Waals surface area contributed by atoms with Crippen molar-refractivity contribution in [1.82, 2.24) is 5.32 Å². The Kier molecular flexibility index (Phi) is 7.91. The van der Waals surface area contributed by atoms with Crippen LogP contribution in [-0.4, -0.2) is 40.4 Å². The Bertz CT molecular complexity index is 358. The zero-order chi connectivity index (χ0) is 11.4. The van der Waals surface area contributed by atoms with E-state index in [2.05, 4.69) is 10.2 Å². The highest BCUT2D eigenvalue weighted by Crippen LogP contribution is 2.32. The van der Waals surface area contributed by atoms with Gasteiger partial charge in [0, 0.05) is 32.2 Å². The van der Waals surface area contributed by atoms with E-state index in [1.165, 1.54) is 0 Å². The number of nitrogens with one attached hydrogen (secondary N) is 1. The molecule has 1 heterocycles. The Morgan fingerprint density at radius 1 is 1.06 bits per heavy atom. The predicted molar refractivity (Wildman–Crippen MR) is 79.1 cm³/mol. The summed E-state index contributed by atoms with van der Waals surface area (Å²) in [7, 11) is 3.39. The summed E-state index contributed by atoms with van der Waals surface area (Å²) in [6, 6.07) is 5.91. The fourth-order valence-corrected chi connectivity index (χ4v) is 1.95. The van der Waals surface area contributed by atoms with E-state index in [-0.39, 0.29) is 24.8 Å². The average Bonchev–Trinajstić information content (AvgIpc) is 2.39. The van der Waals surface area contributed by atoms with Crippen LogP contribution in [0.5, 0.6) is 11.5 Å². The maximum atomic E-state index is 5.38. The molecule has 1 N–H and O–H groups in total. The maximum absolute atomic E-state index is 5.38. The molecule has 2 rings (SSSR count). The van der Waals surface area contributed by atoms with Crippen LogP contribution in [0, 0.1) is 0 Å². The number of hydrogen-bond acceptors (Lipinski definition) is 4. The molecule has 0 saturated carbocycles. The summed E-state index contributed by atoms with van der Waals surface area (Å²) in [5.41, 5.74) is 1.11. The van der Waals surface area contributed by atoms with Crippen molar-refractivity contribution in [1.29, 1.82) is 0 Å². The van der Waals surface area contributed by atoms with Gasteiger partial charge in [-0.2, -0.15) is 0 Å². The number of ether oxygens (including phenoxy) is 2. The normalized spacial score (nSPS) is 14.2. The second kappa shape index (κ2) is 8.29. The molecule has 0 unspecified atom stereocenters. The van der Waals surface area contributed by atoms with Gasteiger partial charge in [-0.25, -0.2) is 0 Å². The van der Waals surface area contributed by atoms with Gasteiger partial charge in [0.1, 0.15) is 11.5 Å². The van der Waals surface area contributed by atoms with Gasteiger partial charge < -0.3 is 19.7 Å². The molecule has 1 aromatic rings. The van der Waals surface area contributed by atoms with Crippen LogP contribution < -0.4 is 19.7 Å².